The van der Waals surface area contributed by atoms with Gasteiger partial charge in [0, 0.05) is 10.6 Å². The van der Waals surface area contributed by atoms with Gasteiger partial charge in [-0.15, -0.1) is 0 Å². The van der Waals surface area contributed by atoms with Gasteiger partial charge in [0.1, 0.15) is 4.88 Å². The first kappa shape index (κ1) is 14.3. The van der Waals surface area contributed by atoms with Crippen LogP contribution < -0.4 is 5.73 Å². The Morgan fingerprint density at radius 2 is 2.10 bits per heavy atom. The van der Waals surface area contributed by atoms with Crippen molar-refractivity contribution in [3.05, 3.63) is 33.9 Å². The summed E-state index contributed by atoms with van der Waals surface area (Å²) in [6.07, 6.45) is 0.735. The molecule has 1 aromatic carbocycles. The van der Waals surface area contributed by atoms with E-state index in [1.165, 1.54) is 11.3 Å². The van der Waals surface area contributed by atoms with Crippen molar-refractivity contribution < 1.29 is 4.52 Å². The highest BCUT2D eigenvalue weighted by Gasteiger charge is 2.18. The molecule has 0 amide bonds. The van der Waals surface area contributed by atoms with Crippen LogP contribution in [0.15, 0.2) is 22.7 Å². The van der Waals surface area contributed by atoms with Crippen molar-refractivity contribution in [3.63, 3.8) is 0 Å². The van der Waals surface area contributed by atoms with Gasteiger partial charge in [-0.3, -0.25) is 0 Å². The zero-order valence-corrected chi connectivity index (χ0v) is 13.3. The molecule has 21 heavy (non-hydrogen) atoms. The van der Waals surface area contributed by atoms with Crippen LogP contribution in [0.4, 0.5) is 5.13 Å². The van der Waals surface area contributed by atoms with Gasteiger partial charge in [0.15, 0.2) is 5.13 Å². The third-order valence-corrected chi connectivity index (χ3v) is 4.32. The summed E-state index contributed by atoms with van der Waals surface area (Å²) in [5.74, 6) is 0.763. The summed E-state index contributed by atoms with van der Waals surface area (Å²) in [7, 11) is 0. The van der Waals surface area contributed by atoms with Gasteiger partial charge in [-0.05, 0) is 24.6 Å². The van der Waals surface area contributed by atoms with Crippen molar-refractivity contribution >= 4 is 39.7 Å². The third-order valence-electron chi connectivity index (χ3n) is 2.84. The molecular formula is C13H10Cl2N4OS. The second kappa shape index (κ2) is 5.63. The summed E-state index contributed by atoms with van der Waals surface area (Å²) in [5.41, 5.74) is 7.19. The Kier molecular flexibility index (Phi) is 3.84. The Morgan fingerprint density at radius 3 is 2.86 bits per heavy atom. The molecule has 2 aromatic heterocycles. The molecule has 0 saturated heterocycles. The van der Waals surface area contributed by atoms with Gasteiger partial charge in [0.05, 0.1) is 10.7 Å². The van der Waals surface area contributed by atoms with E-state index in [1.54, 1.807) is 18.2 Å². The van der Waals surface area contributed by atoms with E-state index < -0.39 is 0 Å². The number of nitrogens with two attached hydrogens (primary N) is 1. The lowest BCUT2D eigenvalue weighted by molar-refractivity contribution is 0.433. The number of benzene rings is 1. The maximum absolute atomic E-state index is 6.14. The van der Waals surface area contributed by atoms with Crippen molar-refractivity contribution in [1.82, 2.24) is 15.1 Å². The van der Waals surface area contributed by atoms with Crippen molar-refractivity contribution in [2.75, 3.05) is 5.73 Å². The normalized spacial score (nSPS) is 11.0. The first-order valence-electron chi connectivity index (χ1n) is 6.13. The summed E-state index contributed by atoms with van der Waals surface area (Å²) < 4.78 is 5.31. The van der Waals surface area contributed by atoms with Crippen LogP contribution in [0.1, 0.15) is 12.6 Å². The predicted molar refractivity (Wildman–Crippen MR) is 84.7 cm³/mol. The molecular weight excluding hydrogens is 331 g/mol. The van der Waals surface area contributed by atoms with Crippen molar-refractivity contribution in [2.24, 2.45) is 0 Å². The van der Waals surface area contributed by atoms with E-state index in [1.807, 2.05) is 6.92 Å². The van der Waals surface area contributed by atoms with Crippen molar-refractivity contribution in [3.8, 4) is 22.2 Å². The van der Waals surface area contributed by atoms with Crippen LogP contribution in [-0.4, -0.2) is 15.1 Å². The number of nitrogens with zero attached hydrogens (tertiary/aromatic N) is 3. The number of hydrogen-bond acceptors (Lipinski definition) is 6. The van der Waals surface area contributed by atoms with Crippen LogP contribution in [0.2, 0.25) is 10.0 Å². The topological polar surface area (TPSA) is 77.8 Å². The minimum atomic E-state index is 0.381. The van der Waals surface area contributed by atoms with E-state index >= 15 is 0 Å². The van der Waals surface area contributed by atoms with Crippen molar-refractivity contribution in [1.29, 1.82) is 0 Å². The standard InChI is InChI=1S/C13H10Cl2N4OS/c1-2-9-10(21-13(16)17-9)12-18-11(19-20-12)7-5-6(14)3-4-8(7)15/h3-5H,2H2,1H3,(H2,16,17). The van der Waals surface area contributed by atoms with Gasteiger partial charge in [0.25, 0.3) is 5.89 Å². The molecule has 3 aromatic rings. The van der Waals surface area contributed by atoms with Crippen LogP contribution in [-0.2, 0) is 6.42 Å². The van der Waals surface area contributed by atoms with Gasteiger partial charge < -0.3 is 10.3 Å². The number of aryl methyl sites for hydroxylation is 1. The molecule has 0 aliphatic rings. The fourth-order valence-electron chi connectivity index (χ4n) is 1.87. The van der Waals surface area contributed by atoms with Crippen LogP contribution in [0.5, 0.6) is 0 Å². The summed E-state index contributed by atoms with van der Waals surface area (Å²) >= 11 is 13.4. The second-order valence-electron chi connectivity index (χ2n) is 4.23. The lowest BCUT2D eigenvalue weighted by Gasteiger charge is -1.98. The molecule has 3 rings (SSSR count). The SMILES string of the molecule is CCc1nc(N)sc1-c1nc(-c2cc(Cl)ccc2Cl)no1. The molecule has 0 spiro atoms. The summed E-state index contributed by atoms with van der Waals surface area (Å²) in [6, 6.07) is 5.09. The van der Waals surface area contributed by atoms with Crippen LogP contribution in [0, 0.1) is 0 Å². The van der Waals surface area contributed by atoms with E-state index in [0.717, 1.165) is 17.0 Å². The molecule has 0 radical (unpaired) electrons. The first-order chi connectivity index (χ1) is 10.1. The number of aromatic nitrogens is 3. The van der Waals surface area contributed by atoms with E-state index in [9.17, 15) is 0 Å². The van der Waals surface area contributed by atoms with E-state index in [2.05, 4.69) is 15.1 Å². The summed E-state index contributed by atoms with van der Waals surface area (Å²) in [6.45, 7) is 1.99. The number of halogens is 2. The van der Waals surface area contributed by atoms with Crippen LogP contribution in [0.25, 0.3) is 22.2 Å². The molecule has 0 saturated carbocycles. The van der Waals surface area contributed by atoms with E-state index in [-0.39, 0.29) is 0 Å². The van der Waals surface area contributed by atoms with Gasteiger partial charge in [-0.2, -0.15) is 4.98 Å². The summed E-state index contributed by atoms with van der Waals surface area (Å²) in [5, 5.41) is 5.49. The summed E-state index contributed by atoms with van der Waals surface area (Å²) in [4.78, 5) is 9.39. The molecule has 2 heterocycles. The van der Waals surface area contributed by atoms with Crippen LogP contribution in [0.3, 0.4) is 0 Å². The Bertz CT molecular complexity index is 799. The lowest BCUT2D eigenvalue weighted by atomic mass is 10.2. The van der Waals surface area contributed by atoms with Crippen molar-refractivity contribution in [2.45, 2.75) is 13.3 Å². The maximum atomic E-state index is 6.14. The fraction of sp³-hybridized carbons (Fsp3) is 0.154. The molecule has 0 aliphatic carbocycles. The molecule has 108 valence electrons. The molecule has 8 heteroatoms. The number of hydrogen-bond donors (Lipinski definition) is 1. The van der Waals surface area contributed by atoms with Gasteiger partial charge in [-0.1, -0.05) is 46.6 Å². The maximum Gasteiger partial charge on any atom is 0.270 e. The Labute approximate surface area is 134 Å². The number of nitrogen functional groups attached to an aromatic ring is 1. The fourth-order valence-corrected chi connectivity index (χ4v) is 3.09. The molecule has 0 bridgehead atoms. The average Bonchev–Trinajstić information content (AvgIpc) is 3.07. The average molecular weight is 341 g/mol. The minimum absolute atomic E-state index is 0.381. The quantitative estimate of drug-likeness (QED) is 0.768. The second-order valence-corrected chi connectivity index (χ2v) is 6.10. The number of rotatable bonds is 3. The molecule has 5 nitrogen and oxygen atoms in total. The molecule has 2 N–H and O–H groups in total. The highest BCUT2D eigenvalue weighted by molar-refractivity contribution is 7.18. The van der Waals surface area contributed by atoms with Crippen LogP contribution >= 0.6 is 34.5 Å². The number of anilines is 1. The highest BCUT2D eigenvalue weighted by Crippen LogP contribution is 2.34. The molecule has 0 aliphatic heterocycles. The van der Waals surface area contributed by atoms with Gasteiger partial charge >= 0.3 is 0 Å². The molecule has 0 unspecified atom stereocenters. The third kappa shape index (κ3) is 2.74. The van der Waals surface area contributed by atoms with E-state index in [4.69, 9.17) is 33.5 Å². The Hall–Kier alpha value is -1.63. The van der Waals surface area contributed by atoms with E-state index in [0.29, 0.717) is 32.5 Å². The smallest absolute Gasteiger partial charge is 0.270 e. The molecule has 0 atom stereocenters. The Balaban J connectivity index is 2.05. The highest BCUT2D eigenvalue weighted by atomic mass is 35.5. The number of thiazole rings is 1. The Morgan fingerprint density at radius 1 is 1.29 bits per heavy atom. The lowest BCUT2D eigenvalue weighted by Crippen LogP contribution is -1.86. The zero-order valence-electron chi connectivity index (χ0n) is 10.9. The van der Waals surface area contributed by atoms with Gasteiger partial charge in [-0.25, -0.2) is 4.98 Å². The van der Waals surface area contributed by atoms with Gasteiger partial charge in [0.2, 0.25) is 5.82 Å². The predicted octanol–water partition coefficient (Wildman–Crippen LogP) is 4.31. The minimum Gasteiger partial charge on any atom is -0.375 e. The molecule has 0 fully saturated rings. The largest absolute Gasteiger partial charge is 0.375 e. The first-order valence-corrected chi connectivity index (χ1v) is 7.70. The zero-order chi connectivity index (χ0) is 15.0. The monoisotopic (exact) mass is 340 g/mol.